The van der Waals surface area contributed by atoms with Crippen molar-refractivity contribution in [2.24, 2.45) is 11.7 Å². The number of amides is 1. The number of benzene rings is 1. The molecule has 5 N–H and O–H groups in total. The summed E-state index contributed by atoms with van der Waals surface area (Å²) in [7, 11) is 0. The summed E-state index contributed by atoms with van der Waals surface area (Å²) in [6.07, 6.45) is 5.01. The van der Waals surface area contributed by atoms with Gasteiger partial charge in [0.1, 0.15) is 6.20 Å². The summed E-state index contributed by atoms with van der Waals surface area (Å²) >= 11 is 3.52. The SMILES string of the molecule is Cc1c(Br)cccc1CNc1ncc([N+](=O)[O-])c(NCC2CCC(NCC(N)=O)CC2)n1. The van der Waals surface area contributed by atoms with Crippen LogP contribution in [0.2, 0.25) is 0 Å². The number of hydrogen-bond acceptors (Lipinski definition) is 8. The van der Waals surface area contributed by atoms with Crippen LogP contribution in [0.25, 0.3) is 0 Å². The monoisotopic (exact) mass is 505 g/mol. The number of nitrogens with zero attached hydrogens (tertiary/aromatic N) is 3. The highest BCUT2D eigenvalue weighted by atomic mass is 79.9. The fraction of sp³-hybridized carbons (Fsp3) is 0.476. The van der Waals surface area contributed by atoms with Crippen LogP contribution in [0.15, 0.2) is 28.9 Å². The summed E-state index contributed by atoms with van der Waals surface area (Å²) in [5.74, 6) is 0.561. The summed E-state index contributed by atoms with van der Waals surface area (Å²) in [4.78, 5) is 30.3. The topological polar surface area (TPSA) is 148 Å². The maximum atomic E-state index is 11.4. The molecule has 1 aliphatic carbocycles. The van der Waals surface area contributed by atoms with Gasteiger partial charge < -0.3 is 21.7 Å². The molecule has 10 nitrogen and oxygen atoms in total. The van der Waals surface area contributed by atoms with E-state index >= 15 is 0 Å². The third-order valence-electron chi connectivity index (χ3n) is 5.75. The molecule has 1 fully saturated rings. The van der Waals surface area contributed by atoms with Gasteiger partial charge in [-0.3, -0.25) is 14.9 Å². The molecule has 1 amide bonds. The summed E-state index contributed by atoms with van der Waals surface area (Å²) in [5, 5.41) is 20.9. The Hall–Kier alpha value is -2.79. The van der Waals surface area contributed by atoms with Crippen LogP contribution >= 0.6 is 15.9 Å². The summed E-state index contributed by atoms with van der Waals surface area (Å²) in [6.45, 7) is 3.30. The van der Waals surface area contributed by atoms with Crippen molar-refractivity contribution in [3.8, 4) is 0 Å². The van der Waals surface area contributed by atoms with Gasteiger partial charge >= 0.3 is 5.69 Å². The number of primary amides is 1. The van der Waals surface area contributed by atoms with Crippen LogP contribution in [-0.2, 0) is 11.3 Å². The molecule has 172 valence electrons. The number of nitrogens with two attached hydrogens (primary N) is 1. The molecule has 1 heterocycles. The smallest absolute Gasteiger partial charge is 0.329 e. The van der Waals surface area contributed by atoms with E-state index < -0.39 is 4.92 Å². The normalized spacial score (nSPS) is 18.2. The average Bonchev–Trinajstić information content (AvgIpc) is 2.77. The van der Waals surface area contributed by atoms with Crippen LogP contribution in [0.4, 0.5) is 17.5 Å². The number of carbonyl (C=O) groups excluding carboxylic acids is 1. The minimum absolute atomic E-state index is 0.147. The summed E-state index contributed by atoms with van der Waals surface area (Å²) in [5.41, 5.74) is 7.23. The van der Waals surface area contributed by atoms with Gasteiger partial charge in [0.05, 0.1) is 11.5 Å². The van der Waals surface area contributed by atoms with Crippen molar-refractivity contribution >= 4 is 39.3 Å². The van der Waals surface area contributed by atoms with Crippen molar-refractivity contribution in [3.63, 3.8) is 0 Å². The van der Waals surface area contributed by atoms with Gasteiger partial charge in [-0.1, -0.05) is 28.1 Å². The third-order valence-corrected chi connectivity index (χ3v) is 6.61. The second-order valence-electron chi connectivity index (χ2n) is 8.01. The molecular weight excluding hydrogens is 478 g/mol. The molecule has 0 radical (unpaired) electrons. The zero-order valence-corrected chi connectivity index (χ0v) is 19.5. The van der Waals surface area contributed by atoms with Crippen molar-refractivity contribution < 1.29 is 9.72 Å². The number of anilines is 2. The summed E-state index contributed by atoms with van der Waals surface area (Å²) < 4.78 is 1.02. The lowest BCUT2D eigenvalue weighted by molar-refractivity contribution is -0.384. The lowest BCUT2D eigenvalue weighted by Gasteiger charge is -2.29. The molecule has 3 rings (SSSR count). The average molecular weight is 506 g/mol. The Kier molecular flexibility index (Phi) is 8.34. The van der Waals surface area contributed by atoms with Crippen LogP contribution in [0.3, 0.4) is 0 Å². The zero-order valence-electron chi connectivity index (χ0n) is 17.9. The first-order valence-corrected chi connectivity index (χ1v) is 11.4. The van der Waals surface area contributed by atoms with Crippen LogP contribution in [0, 0.1) is 23.0 Å². The van der Waals surface area contributed by atoms with Gasteiger partial charge in [0.2, 0.25) is 17.7 Å². The number of aromatic nitrogens is 2. The van der Waals surface area contributed by atoms with Crippen molar-refractivity contribution in [2.45, 2.75) is 45.2 Å². The van der Waals surface area contributed by atoms with Crippen molar-refractivity contribution in [2.75, 3.05) is 23.7 Å². The molecule has 32 heavy (non-hydrogen) atoms. The van der Waals surface area contributed by atoms with Crippen LogP contribution in [0.1, 0.15) is 36.8 Å². The third kappa shape index (κ3) is 6.60. The quantitative estimate of drug-likeness (QED) is 0.284. The van der Waals surface area contributed by atoms with Crippen LogP contribution < -0.4 is 21.7 Å². The van der Waals surface area contributed by atoms with Gasteiger partial charge in [-0.25, -0.2) is 4.98 Å². The van der Waals surface area contributed by atoms with Gasteiger partial charge in [-0.05, 0) is 55.7 Å². The Morgan fingerprint density at radius 2 is 2.03 bits per heavy atom. The predicted octanol–water partition coefficient (Wildman–Crippen LogP) is 3.11. The number of rotatable bonds is 10. The van der Waals surface area contributed by atoms with Crippen LogP contribution in [-0.4, -0.2) is 39.9 Å². The number of halogens is 1. The zero-order chi connectivity index (χ0) is 23.1. The highest BCUT2D eigenvalue weighted by molar-refractivity contribution is 9.10. The molecular formula is C21H28BrN7O3. The molecule has 0 saturated heterocycles. The molecule has 11 heteroatoms. The number of hydrogen-bond donors (Lipinski definition) is 4. The summed E-state index contributed by atoms with van der Waals surface area (Å²) in [6, 6.07) is 6.22. The standard InChI is InChI=1S/C21H28BrN7O3/c1-13-15(3-2-4-17(13)22)10-26-21-27-11-18(29(31)32)20(28-21)25-9-14-5-7-16(8-6-14)24-12-19(23)30/h2-4,11,14,16,24H,5-10,12H2,1H3,(H2,23,30)(H2,25,26,27,28). The molecule has 0 bridgehead atoms. The predicted molar refractivity (Wildman–Crippen MR) is 126 cm³/mol. The molecule has 0 unspecified atom stereocenters. The molecule has 1 aromatic heterocycles. The Morgan fingerprint density at radius 3 is 2.72 bits per heavy atom. The van der Waals surface area contributed by atoms with E-state index in [9.17, 15) is 14.9 Å². The first-order chi connectivity index (χ1) is 15.3. The molecule has 0 aliphatic heterocycles. The number of nitrogens with one attached hydrogen (secondary N) is 3. The minimum atomic E-state index is -0.477. The van der Waals surface area contributed by atoms with Crippen molar-refractivity contribution in [1.82, 2.24) is 15.3 Å². The second-order valence-corrected chi connectivity index (χ2v) is 8.86. The van der Waals surface area contributed by atoms with Gasteiger partial charge in [0.15, 0.2) is 0 Å². The van der Waals surface area contributed by atoms with Crippen LogP contribution in [0.5, 0.6) is 0 Å². The first kappa shape index (κ1) is 23.9. The first-order valence-electron chi connectivity index (χ1n) is 10.6. The molecule has 1 aliphatic rings. The van der Waals surface area contributed by atoms with E-state index in [-0.39, 0.29) is 30.0 Å². The number of carbonyl (C=O) groups is 1. The Bertz CT molecular complexity index is 964. The lowest BCUT2D eigenvalue weighted by Crippen LogP contribution is -2.39. The van der Waals surface area contributed by atoms with E-state index in [4.69, 9.17) is 5.73 Å². The molecule has 1 aromatic carbocycles. The largest absolute Gasteiger partial charge is 0.369 e. The molecule has 2 aromatic rings. The van der Waals surface area contributed by atoms with Gasteiger partial charge in [0.25, 0.3) is 0 Å². The van der Waals surface area contributed by atoms with Gasteiger partial charge in [-0.15, -0.1) is 0 Å². The second kappa shape index (κ2) is 11.2. The van der Waals surface area contributed by atoms with Gasteiger partial charge in [0, 0.05) is 23.6 Å². The lowest BCUT2D eigenvalue weighted by atomic mass is 9.86. The Morgan fingerprint density at radius 1 is 1.28 bits per heavy atom. The van der Waals surface area contributed by atoms with Crippen molar-refractivity contribution in [1.29, 1.82) is 0 Å². The van der Waals surface area contributed by atoms with E-state index in [2.05, 4.69) is 41.8 Å². The molecule has 0 atom stereocenters. The maximum Gasteiger partial charge on any atom is 0.329 e. The maximum absolute atomic E-state index is 11.4. The fourth-order valence-electron chi connectivity index (χ4n) is 3.80. The van der Waals surface area contributed by atoms with E-state index in [1.807, 2.05) is 25.1 Å². The highest BCUT2D eigenvalue weighted by Gasteiger charge is 2.23. The number of nitro groups is 1. The highest BCUT2D eigenvalue weighted by Crippen LogP contribution is 2.27. The van der Waals surface area contributed by atoms with E-state index in [0.717, 1.165) is 41.3 Å². The van der Waals surface area contributed by atoms with E-state index in [0.29, 0.717) is 25.0 Å². The fourth-order valence-corrected chi connectivity index (χ4v) is 4.21. The Balaban J connectivity index is 1.58. The van der Waals surface area contributed by atoms with Crippen molar-refractivity contribution in [3.05, 3.63) is 50.1 Å². The Labute approximate surface area is 195 Å². The molecule has 1 saturated carbocycles. The van der Waals surface area contributed by atoms with E-state index in [1.54, 1.807) is 0 Å². The molecule has 0 spiro atoms. The van der Waals surface area contributed by atoms with E-state index in [1.165, 1.54) is 6.20 Å². The van der Waals surface area contributed by atoms with Gasteiger partial charge in [-0.2, -0.15) is 4.98 Å². The minimum Gasteiger partial charge on any atom is -0.369 e.